The fourth-order valence-corrected chi connectivity index (χ4v) is 2.95. The molecule has 0 unspecified atom stereocenters. The predicted octanol–water partition coefficient (Wildman–Crippen LogP) is 5.99. The third-order valence-corrected chi connectivity index (χ3v) is 4.31. The largest absolute Gasteiger partial charge is 0.492 e. The smallest absolute Gasteiger partial charge is 0.255 e. The van der Waals surface area contributed by atoms with Crippen LogP contribution in [0, 0.1) is 0 Å². The van der Waals surface area contributed by atoms with Gasteiger partial charge < -0.3 is 10.1 Å². The van der Waals surface area contributed by atoms with Crippen LogP contribution in [0.25, 0.3) is 0 Å². The molecule has 0 fully saturated rings. The van der Waals surface area contributed by atoms with Gasteiger partial charge in [0.05, 0.1) is 11.6 Å². The van der Waals surface area contributed by atoms with E-state index in [0.29, 0.717) is 40.1 Å². The van der Waals surface area contributed by atoms with Gasteiger partial charge in [0, 0.05) is 16.3 Å². The summed E-state index contributed by atoms with van der Waals surface area (Å²) in [5.41, 5.74) is 2.17. The van der Waals surface area contributed by atoms with Crippen LogP contribution in [0.5, 0.6) is 5.75 Å². The van der Waals surface area contributed by atoms with Gasteiger partial charge in [0.2, 0.25) is 0 Å². The van der Waals surface area contributed by atoms with Crippen LogP contribution in [0.3, 0.4) is 0 Å². The van der Waals surface area contributed by atoms with Crippen molar-refractivity contribution in [1.82, 2.24) is 5.32 Å². The molecule has 0 spiro atoms. The Bertz CT molecular complexity index is 859. The van der Waals surface area contributed by atoms with Gasteiger partial charge in [0.1, 0.15) is 5.75 Å². The summed E-state index contributed by atoms with van der Waals surface area (Å²) in [4.78, 5) is 12.5. The Hall–Kier alpha value is -2.49. The molecular formula is C22H21Cl2NO2. The van der Waals surface area contributed by atoms with Crippen molar-refractivity contribution in [3.8, 4) is 5.75 Å². The number of nitrogens with one attached hydrogen (secondary N) is 1. The molecule has 5 heteroatoms. The van der Waals surface area contributed by atoms with E-state index in [1.54, 1.807) is 42.5 Å². The minimum Gasteiger partial charge on any atom is -0.492 e. The molecule has 0 aliphatic rings. The highest BCUT2D eigenvalue weighted by molar-refractivity contribution is 6.35. The van der Waals surface area contributed by atoms with Gasteiger partial charge in [-0.25, -0.2) is 0 Å². The molecule has 0 atom stereocenters. The first-order chi connectivity index (χ1) is 13.0. The van der Waals surface area contributed by atoms with Crippen molar-refractivity contribution in [2.45, 2.75) is 12.8 Å². The summed E-state index contributed by atoms with van der Waals surface area (Å²) in [5.74, 6) is 0.414. The Morgan fingerprint density at radius 2 is 1.93 bits per heavy atom. The maximum absolute atomic E-state index is 12.5. The summed E-state index contributed by atoms with van der Waals surface area (Å²) in [6, 6.07) is 12.6. The predicted molar refractivity (Wildman–Crippen MR) is 113 cm³/mol. The van der Waals surface area contributed by atoms with E-state index in [2.05, 4.69) is 18.5 Å². The van der Waals surface area contributed by atoms with Crippen molar-refractivity contribution >= 4 is 29.1 Å². The molecule has 0 heterocycles. The molecule has 0 bridgehead atoms. The maximum atomic E-state index is 12.5. The van der Waals surface area contributed by atoms with Crippen LogP contribution in [-0.2, 0) is 6.42 Å². The zero-order valence-corrected chi connectivity index (χ0v) is 16.4. The molecule has 0 saturated carbocycles. The molecule has 1 amide bonds. The highest BCUT2D eigenvalue weighted by Crippen LogP contribution is 2.27. The van der Waals surface area contributed by atoms with Gasteiger partial charge >= 0.3 is 0 Å². The standard InChI is InChI=1S/C22H21Cl2NO2/c1-3-8-18(4-2)25-22(26)19-11-6-5-9-16(19)10-7-14-27-21-13-12-17(23)15-20(21)24/h3-6,8-9,11-13,15H,1-2,7,10,14H2,(H,25,26)/b18-8+. The van der Waals surface area contributed by atoms with E-state index in [1.165, 1.54) is 0 Å². The number of amides is 1. The molecule has 0 radical (unpaired) electrons. The molecule has 2 aromatic carbocycles. The fraction of sp³-hybridized carbons (Fsp3) is 0.136. The maximum Gasteiger partial charge on any atom is 0.255 e. The number of benzene rings is 2. The number of halogens is 2. The van der Waals surface area contributed by atoms with Crippen molar-refractivity contribution in [2.24, 2.45) is 0 Å². The molecule has 27 heavy (non-hydrogen) atoms. The van der Waals surface area contributed by atoms with Gasteiger partial charge in [0.25, 0.3) is 5.91 Å². The Labute approximate surface area is 170 Å². The van der Waals surface area contributed by atoms with Crippen LogP contribution in [0.15, 0.2) is 79.5 Å². The van der Waals surface area contributed by atoms with Crippen LogP contribution >= 0.6 is 23.2 Å². The summed E-state index contributed by atoms with van der Waals surface area (Å²) in [5, 5.41) is 3.87. The van der Waals surface area contributed by atoms with Gasteiger partial charge in [-0.15, -0.1) is 0 Å². The lowest BCUT2D eigenvalue weighted by Gasteiger charge is -2.12. The van der Waals surface area contributed by atoms with Crippen molar-refractivity contribution < 1.29 is 9.53 Å². The quantitative estimate of drug-likeness (QED) is 0.413. The number of rotatable bonds is 9. The molecule has 0 aliphatic carbocycles. The van der Waals surface area contributed by atoms with Crippen LogP contribution in [-0.4, -0.2) is 12.5 Å². The fourth-order valence-electron chi connectivity index (χ4n) is 2.48. The monoisotopic (exact) mass is 401 g/mol. The zero-order chi connectivity index (χ0) is 19.6. The highest BCUT2D eigenvalue weighted by atomic mass is 35.5. The Kier molecular flexibility index (Phi) is 8.18. The molecular weight excluding hydrogens is 381 g/mol. The summed E-state index contributed by atoms with van der Waals surface area (Å²) in [6.45, 7) is 7.79. The van der Waals surface area contributed by atoms with E-state index in [-0.39, 0.29) is 5.91 Å². The molecule has 0 saturated heterocycles. The number of hydrogen-bond donors (Lipinski definition) is 1. The van der Waals surface area contributed by atoms with Gasteiger partial charge in [-0.1, -0.05) is 60.6 Å². The molecule has 140 valence electrons. The number of aryl methyl sites for hydroxylation is 1. The van der Waals surface area contributed by atoms with Crippen LogP contribution < -0.4 is 10.1 Å². The lowest BCUT2D eigenvalue weighted by Crippen LogP contribution is -2.23. The molecule has 1 N–H and O–H groups in total. The Balaban J connectivity index is 1.97. The third-order valence-electron chi connectivity index (χ3n) is 3.78. The van der Waals surface area contributed by atoms with E-state index in [9.17, 15) is 4.79 Å². The van der Waals surface area contributed by atoms with Crippen LogP contribution in [0.1, 0.15) is 22.3 Å². The third kappa shape index (κ3) is 6.31. The van der Waals surface area contributed by atoms with E-state index < -0.39 is 0 Å². The lowest BCUT2D eigenvalue weighted by molar-refractivity contribution is 0.0966. The minimum absolute atomic E-state index is 0.180. The van der Waals surface area contributed by atoms with Gasteiger partial charge in [-0.3, -0.25) is 4.79 Å². The summed E-state index contributed by atoms with van der Waals surface area (Å²) in [7, 11) is 0. The number of carbonyl (C=O) groups is 1. The first-order valence-corrected chi connectivity index (χ1v) is 9.23. The molecule has 2 rings (SSSR count). The first-order valence-electron chi connectivity index (χ1n) is 8.47. The summed E-state index contributed by atoms with van der Waals surface area (Å²) in [6.07, 6.45) is 6.30. The van der Waals surface area contributed by atoms with Gasteiger partial charge in [-0.05, 0) is 54.8 Å². The average Bonchev–Trinajstić information content (AvgIpc) is 2.66. The second kappa shape index (κ2) is 10.6. The topological polar surface area (TPSA) is 38.3 Å². The first kappa shape index (κ1) is 20.8. The molecule has 0 aliphatic heterocycles. The van der Waals surface area contributed by atoms with Crippen molar-refractivity contribution in [3.63, 3.8) is 0 Å². The summed E-state index contributed by atoms with van der Waals surface area (Å²) >= 11 is 12.0. The Morgan fingerprint density at radius 3 is 2.63 bits per heavy atom. The van der Waals surface area contributed by atoms with E-state index >= 15 is 0 Å². The number of carbonyl (C=O) groups excluding carboxylic acids is 1. The Morgan fingerprint density at radius 1 is 1.15 bits per heavy atom. The number of hydrogen-bond acceptors (Lipinski definition) is 2. The molecule has 2 aromatic rings. The normalized spacial score (nSPS) is 11.0. The molecule has 0 aromatic heterocycles. The number of ether oxygens (including phenoxy) is 1. The minimum atomic E-state index is -0.180. The van der Waals surface area contributed by atoms with Gasteiger partial charge in [-0.2, -0.15) is 0 Å². The van der Waals surface area contributed by atoms with E-state index in [4.69, 9.17) is 27.9 Å². The summed E-state index contributed by atoms with van der Waals surface area (Å²) < 4.78 is 5.70. The average molecular weight is 402 g/mol. The van der Waals surface area contributed by atoms with E-state index in [1.807, 2.05) is 18.2 Å². The van der Waals surface area contributed by atoms with Crippen LogP contribution in [0.2, 0.25) is 10.0 Å². The SMILES string of the molecule is C=C/C=C(\C=C)NC(=O)c1ccccc1CCCOc1ccc(Cl)cc1Cl. The second-order valence-corrected chi connectivity index (χ2v) is 6.54. The van der Waals surface area contributed by atoms with Crippen LogP contribution in [0.4, 0.5) is 0 Å². The van der Waals surface area contributed by atoms with Crippen molar-refractivity contribution in [2.75, 3.05) is 6.61 Å². The highest BCUT2D eigenvalue weighted by Gasteiger charge is 2.11. The lowest BCUT2D eigenvalue weighted by atomic mass is 10.0. The number of allylic oxidation sites excluding steroid dienone is 3. The second-order valence-electron chi connectivity index (χ2n) is 5.70. The molecule has 3 nitrogen and oxygen atoms in total. The van der Waals surface area contributed by atoms with Crippen molar-refractivity contribution in [1.29, 1.82) is 0 Å². The van der Waals surface area contributed by atoms with E-state index in [0.717, 1.165) is 12.0 Å². The van der Waals surface area contributed by atoms with Gasteiger partial charge in [0.15, 0.2) is 0 Å². The van der Waals surface area contributed by atoms with Crippen molar-refractivity contribution in [3.05, 3.63) is 101 Å². The zero-order valence-electron chi connectivity index (χ0n) is 14.9.